The first-order valence-corrected chi connectivity index (χ1v) is 9.03. The van der Waals surface area contributed by atoms with Crippen molar-refractivity contribution in [1.29, 1.82) is 0 Å². The van der Waals surface area contributed by atoms with Crippen LogP contribution in [0.4, 0.5) is 4.39 Å². The van der Waals surface area contributed by atoms with Crippen LogP contribution in [0.1, 0.15) is 0 Å². The summed E-state index contributed by atoms with van der Waals surface area (Å²) in [6, 6.07) is 27.8. The summed E-state index contributed by atoms with van der Waals surface area (Å²) in [6.07, 6.45) is 3.38. The lowest BCUT2D eigenvalue weighted by Gasteiger charge is -2.08. The Bertz CT molecular complexity index is 1240. The van der Waals surface area contributed by atoms with Crippen LogP contribution in [0.2, 0.25) is 0 Å². The van der Waals surface area contributed by atoms with Crippen LogP contribution in [-0.4, -0.2) is 14.5 Å². The van der Waals surface area contributed by atoms with Gasteiger partial charge in [0, 0.05) is 17.4 Å². The van der Waals surface area contributed by atoms with Gasteiger partial charge in [0.2, 0.25) is 5.95 Å². The lowest BCUT2D eigenvalue weighted by atomic mass is 10.1. The van der Waals surface area contributed by atoms with E-state index >= 15 is 0 Å². The van der Waals surface area contributed by atoms with E-state index in [2.05, 4.69) is 57.0 Å². The molecule has 2 aromatic heterocycles. The molecule has 0 fully saturated rings. The van der Waals surface area contributed by atoms with E-state index in [0.717, 1.165) is 27.8 Å². The Morgan fingerprint density at radius 1 is 0.643 bits per heavy atom. The normalized spacial score (nSPS) is 11.0. The van der Waals surface area contributed by atoms with Gasteiger partial charge in [0.1, 0.15) is 6.33 Å². The van der Waals surface area contributed by atoms with E-state index < -0.39 is 5.95 Å². The second-order valence-corrected chi connectivity index (χ2v) is 6.60. The molecule has 0 aliphatic heterocycles. The fraction of sp³-hybridized carbons (Fsp3) is 0. The van der Waals surface area contributed by atoms with Crippen molar-refractivity contribution in [2.24, 2.45) is 0 Å². The minimum Gasteiger partial charge on any atom is -0.299 e. The average Bonchev–Trinajstić information content (AvgIpc) is 3.18. The molecule has 0 unspecified atom stereocenters. The lowest BCUT2D eigenvalue weighted by molar-refractivity contribution is 0.584. The molecule has 5 rings (SSSR count). The Morgan fingerprint density at radius 3 is 2.11 bits per heavy atom. The molecule has 3 nitrogen and oxygen atoms in total. The minimum atomic E-state index is -0.478. The number of hydrogen-bond donors (Lipinski definition) is 0. The third-order valence-electron chi connectivity index (χ3n) is 4.86. The molecular weight excluding hydrogens is 349 g/mol. The molecule has 2 heterocycles. The van der Waals surface area contributed by atoms with E-state index in [1.165, 1.54) is 17.2 Å². The number of halogens is 1. The maximum Gasteiger partial charge on any atom is 0.212 e. The lowest BCUT2D eigenvalue weighted by Crippen LogP contribution is -1.92. The standard InChI is InChI=1S/C24H16FN3/c25-24-13-9-20(15-26-24)19-8-12-22-23(14-19)28(16-27-22)21-10-6-18(7-11-21)17-4-2-1-3-5-17/h1-16H. The first-order valence-electron chi connectivity index (χ1n) is 9.03. The largest absolute Gasteiger partial charge is 0.299 e. The summed E-state index contributed by atoms with van der Waals surface area (Å²) in [5, 5.41) is 0. The molecule has 0 saturated carbocycles. The predicted octanol–water partition coefficient (Wildman–Crippen LogP) is 5.89. The van der Waals surface area contributed by atoms with Gasteiger partial charge in [0.05, 0.1) is 11.0 Å². The summed E-state index contributed by atoms with van der Waals surface area (Å²) < 4.78 is 15.2. The molecule has 0 N–H and O–H groups in total. The number of benzene rings is 3. The highest BCUT2D eigenvalue weighted by atomic mass is 19.1. The summed E-state index contributed by atoms with van der Waals surface area (Å²) in [5.74, 6) is -0.478. The van der Waals surface area contributed by atoms with Crippen molar-refractivity contribution in [3.8, 4) is 27.9 Å². The Labute approximate surface area is 161 Å². The van der Waals surface area contributed by atoms with Crippen LogP contribution in [0.3, 0.4) is 0 Å². The first-order chi connectivity index (χ1) is 13.8. The van der Waals surface area contributed by atoms with Gasteiger partial charge in [-0.25, -0.2) is 9.97 Å². The van der Waals surface area contributed by atoms with Crippen LogP contribution in [0, 0.1) is 5.95 Å². The van der Waals surface area contributed by atoms with Gasteiger partial charge in [-0.15, -0.1) is 0 Å². The van der Waals surface area contributed by atoms with Gasteiger partial charge in [0.15, 0.2) is 0 Å². The fourth-order valence-corrected chi connectivity index (χ4v) is 3.38. The van der Waals surface area contributed by atoms with Gasteiger partial charge in [-0.3, -0.25) is 4.57 Å². The molecule has 4 heteroatoms. The Morgan fingerprint density at radius 2 is 1.36 bits per heavy atom. The average molecular weight is 365 g/mol. The van der Waals surface area contributed by atoms with E-state index in [1.54, 1.807) is 12.3 Å². The highest BCUT2D eigenvalue weighted by Gasteiger charge is 2.08. The maximum absolute atomic E-state index is 13.1. The van der Waals surface area contributed by atoms with Gasteiger partial charge in [0.25, 0.3) is 0 Å². The maximum atomic E-state index is 13.1. The topological polar surface area (TPSA) is 30.7 Å². The van der Waals surface area contributed by atoms with Gasteiger partial charge >= 0.3 is 0 Å². The number of pyridine rings is 1. The second kappa shape index (κ2) is 6.74. The third-order valence-corrected chi connectivity index (χ3v) is 4.86. The Balaban J connectivity index is 1.55. The van der Waals surface area contributed by atoms with Crippen LogP contribution in [0.5, 0.6) is 0 Å². The quantitative estimate of drug-likeness (QED) is 0.373. The number of aromatic nitrogens is 3. The Kier molecular flexibility index (Phi) is 3.95. The van der Waals surface area contributed by atoms with Crippen LogP contribution in [-0.2, 0) is 0 Å². The molecule has 0 radical (unpaired) electrons. The van der Waals surface area contributed by atoms with Crippen molar-refractivity contribution in [2.45, 2.75) is 0 Å². The van der Waals surface area contributed by atoms with Crippen molar-refractivity contribution in [2.75, 3.05) is 0 Å². The van der Waals surface area contributed by atoms with Crippen molar-refractivity contribution in [3.05, 3.63) is 103 Å². The van der Waals surface area contributed by atoms with Gasteiger partial charge in [-0.05, 0) is 53.1 Å². The van der Waals surface area contributed by atoms with Crippen LogP contribution < -0.4 is 0 Å². The number of imidazole rings is 1. The molecule has 3 aromatic carbocycles. The third kappa shape index (κ3) is 2.95. The van der Waals surface area contributed by atoms with Crippen LogP contribution >= 0.6 is 0 Å². The second-order valence-electron chi connectivity index (χ2n) is 6.60. The summed E-state index contributed by atoms with van der Waals surface area (Å²) in [5.41, 5.74) is 7.15. The van der Waals surface area contributed by atoms with Crippen LogP contribution in [0.25, 0.3) is 39.0 Å². The van der Waals surface area contributed by atoms with Gasteiger partial charge < -0.3 is 0 Å². The molecule has 0 spiro atoms. The summed E-state index contributed by atoms with van der Waals surface area (Å²) in [7, 11) is 0. The molecule has 0 saturated heterocycles. The van der Waals surface area contributed by atoms with Crippen LogP contribution in [0.15, 0.2) is 97.5 Å². The number of fused-ring (bicyclic) bond motifs is 1. The summed E-state index contributed by atoms with van der Waals surface area (Å²) in [4.78, 5) is 8.27. The number of nitrogens with zero attached hydrogens (tertiary/aromatic N) is 3. The highest BCUT2D eigenvalue weighted by Crippen LogP contribution is 2.27. The first kappa shape index (κ1) is 16.4. The Hall–Kier alpha value is -3.79. The zero-order chi connectivity index (χ0) is 18.9. The zero-order valence-electron chi connectivity index (χ0n) is 15.0. The SMILES string of the molecule is Fc1ccc(-c2ccc3ncn(-c4ccc(-c5ccccc5)cc4)c3c2)cn1. The van der Waals surface area contributed by atoms with E-state index in [9.17, 15) is 4.39 Å². The molecule has 134 valence electrons. The molecule has 0 bridgehead atoms. The number of hydrogen-bond acceptors (Lipinski definition) is 2. The van der Waals surface area contributed by atoms with Crippen molar-refractivity contribution in [1.82, 2.24) is 14.5 Å². The monoisotopic (exact) mass is 365 g/mol. The van der Waals surface area contributed by atoms with Crippen molar-refractivity contribution < 1.29 is 4.39 Å². The zero-order valence-corrected chi connectivity index (χ0v) is 15.0. The van der Waals surface area contributed by atoms with E-state index in [4.69, 9.17) is 0 Å². The molecule has 0 aliphatic carbocycles. The van der Waals surface area contributed by atoms with Gasteiger partial charge in [-0.2, -0.15) is 4.39 Å². The predicted molar refractivity (Wildman–Crippen MR) is 110 cm³/mol. The minimum absolute atomic E-state index is 0.478. The molecule has 0 amide bonds. The van der Waals surface area contributed by atoms with Gasteiger partial charge in [-0.1, -0.05) is 48.5 Å². The smallest absolute Gasteiger partial charge is 0.212 e. The van der Waals surface area contributed by atoms with E-state index in [1.807, 2.05) is 36.7 Å². The summed E-state index contributed by atoms with van der Waals surface area (Å²) >= 11 is 0. The van der Waals surface area contributed by atoms with E-state index in [0.29, 0.717) is 0 Å². The van der Waals surface area contributed by atoms with Crippen molar-refractivity contribution in [3.63, 3.8) is 0 Å². The molecular formula is C24H16FN3. The van der Waals surface area contributed by atoms with E-state index in [-0.39, 0.29) is 0 Å². The molecule has 5 aromatic rings. The summed E-state index contributed by atoms with van der Waals surface area (Å²) in [6.45, 7) is 0. The number of rotatable bonds is 3. The molecule has 0 aliphatic rings. The van der Waals surface area contributed by atoms with Crippen molar-refractivity contribution >= 4 is 11.0 Å². The molecule has 0 atom stereocenters. The fourth-order valence-electron chi connectivity index (χ4n) is 3.38. The molecule has 28 heavy (non-hydrogen) atoms. The highest BCUT2D eigenvalue weighted by molar-refractivity contribution is 5.83.